The van der Waals surface area contributed by atoms with Crippen molar-refractivity contribution in [2.24, 2.45) is 0 Å². The van der Waals surface area contributed by atoms with Crippen LogP contribution in [0.1, 0.15) is 12.8 Å². The summed E-state index contributed by atoms with van der Waals surface area (Å²) in [7, 11) is 0. The maximum atomic E-state index is 5.97. The SMILES string of the molecule is Clc1cnc(Sc2ccnc3c2OC[C@@H]2CCCN32)cn1. The third kappa shape index (κ3) is 2.42. The fraction of sp³-hybridized carbons (Fsp3) is 0.357. The van der Waals surface area contributed by atoms with Gasteiger partial charge in [-0.15, -0.1) is 0 Å². The summed E-state index contributed by atoms with van der Waals surface area (Å²) in [5.74, 6) is 1.81. The maximum absolute atomic E-state index is 5.97. The van der Waals surface area contributed by atoms with Gasteiger partial charge in [-0.1, -0.05) is 23.4 Å². The minimum atomic E-state index is 0.396. The van der Waals surface area contributed by atoms with Crippen molar-refractivity contribution in [3.8, 4) is 5.75 Å². The topological polar surface area (TPSA) is 51.1 Å². The van der Waals surface area contributed by atoms with Gasteiger partial charge in [-0.05, 0) is 18.9 Å². The Hall–Kier alpha value is -1.53. The van der Waals surface area contributed by atoms with E-state index in [1.54, 1.807) is 12.4 Å². The van der Waals surface area contributed by atoms with Crippen molar-refractivity contribution >= 4 is 29.2 Å². The van der Waals surface area contributed by atoms with Crippen LogP contribution in [0.15, 0.2) is 34.6 Å². The van der Waals surface area contributed by atoms with Gasteiger partial charge in [0.25, 0.3) is 0 Å². The molecule has 4 heterocycles. The van der Waals surface area contributed by atoms with Crippen LogP contribution in [0.25, 0.3) is 0 Å². The van der Waals surface area contributed by atoms with Crippen LogP contribution in [0, 0.1) is 0 Å². The van der Waals surface area contributed by atoms with Gasteiger partial charge in [0.2, 0.25) is 0 Å². The number of hydrogen-bond acceptors (Lipinski definition) is 6. The minimum absolute atomic E-state index is 0.396. The molecule has 7 heteroatoms. The molecule has 21 heavy (non-hydrogen) atoms. The fourth-order valence-electron chi connectivity index (χ4n) is 2.77. The van der Waals surface area contributed by atoms with E-state index in [9.17, 15) is 0 Å². The summed E-state index contributed by atoms with van der Waals surface area (Å²) in [6.07, 6.45) is 7.43. The van der Waals surface area contributed by atoms with E-state index in [1.807, 2.05) is 12.3 Å². The number of hydrogen-bond donors (Lipinski definition) is 0. The predicted molar refractivity (Wildman–Crippen MR) is 81.3 cm³/mol. The smallest absolute Gasteiger partial charge is 0.175 e. The standard InChI is InChI=1S/C14H13ClN4OS/c15-11-6-18-12(7-17-11)21-10-3-4-16-14-13(10)20-8-9-2-1-5-19(9)14/h3-4,6-7,9H,1-2,5,8H2/t9-/m0/s1. The van der Waals surface area contributed by atoms with Crippen molar-refractivity contribution in [3.63, 3.8) is 0 Å². The van der Waals surface area contributed by atoms with E-state index in [0.29, 0.717) is 11.2 Å². The summed E-state index contributed by atoms with van der Waals surface area (Å²) in [5.41, 5.74) is 0. The number of fused-ring (bicyclic) bond motifs is 3. The number of pyridine rings is 1. The summed E-state index contributed by atoms with van der Waals surface area (Å²) < 4.78 is 5.97. The van der Waals surface area contributed by atoms with Crippen molar-refractivity contribution in [3.05, 3.63) is 29.8 Å². The zero-order valence-corrected chi connectivity index (χ0v) is 12.8. The molecule has 0 spiro atoms. The Bertz CT molecular complexity index is 667. The van der Waals surface area contributed by atoms with E-state index in [1.165, 1.54) is 24.6 Å². The highest BCUT2D eigenvalue weighted by molar-refractivity contribution is 7.99. The van der Waals surface area contributed by atoms with Crippen molar-refractivity contribution in [1.29, 1.82) is 0 Å². The van der Waals surface area contributed by atoms with Gasteiger partial charge in [0, 0.05) is 12.7 Å². The average Bonchev–Trinajstić information content (AvgIpc) is 2.99. The van der Waals surface area contributed by atoms with Crippen LogP contribution in [-0.2, 0) is 0 Å². The lowest BCUT2D eigenvalue weighted by Crippen LogP contribution is -2.38. The lowest BCUT2D eigenvalue weighted by molar-refractivity contribution is 0.263. The summed E-state index contributed by atoms with van der Waals surface area (Å²) in [6, 6.07) is 2.43. The Kier molecular flexibility index (Phi) is 3.35. The summed E-state index contributed by atoms with van der Waals surface area (Å²) in [5, 5.41) is 1.19. The molecule has 1 saturated heterocycles. The van der Waals surface area contributed by atoms with Gasteiger partial charge in [-0.25, -0.2) is 15.0 Å². The molecule has 2 aromatic heterocycles. The molecule has 0 N–H and O–H groups in total. The minimum Gasteiger partial charge on any atom is -0.486 e. The second-order valence-electron chi connectivity index (χ2n) is 5.04. The zero-order chi connectivity index (χ0) is 14.2. The Morgan fingerprint density at radius 2 is 2.24 bits per heavy atom. The van der Waals surface area contributed by atoms with E-state index < -0.39 is 0 Å². The first-order valence-corrected chi connectivity index (χ1v) is 8.04. The van der Waals surface area contributed by atoms with Crippen molar-refractivity contribution < 1.29 is 4.74 Å². The number of rotatable bonds is 2. The molecule has 0 radical (unpaired) electrons. The van der Waals surface area contributed by atoms with Crippen LogP contribution >= 0.6 is 23.4 Å². The van der Waals surface area contributed by atoms with Gasteiger partial charge in [-0.3, -0.25) is 0 Å². The lowest BCUT2D eigenvalue weighted by Gasteiger charge is -2.33. The lowest BCUT2D eigenvalue weighted by atomic mass is 10.2. The van der Waals surface area contributed by atoms with Crippen LogP contribution in [0.4, 0.5) is 5.82 Å². The molecule has 0 amide bonds. The molecule has 2 aliphatic heterocycles. The Balaban J connectivity index is 1.67. The molecule has 0 aromatic carbocycles. The molecule has 1 fully saturated rings. The maximum Gasteiger partial charge on any atom is 0.175 e. The number of anilines is 1. The third-order valence-electron chi connectivity index (χ3n) is 3.73. The molecular weight excluding hydrogens is 308 g/mol. The van der Waals surface area contributed by atoms with E-state index in [-0.39, 0.29) is 0 Å². The first-order chi connectivity index (χ1) is 10.3. The molecule has 0 aliphatic carbocycles. The van der Waals surface area contributed by atoms with E-state index >= 15 is 0 Å². The van der Waals surface area contributed by atoms with Gasteiger partial charge >= 0.3 is 0 Å². The van der Waals surface area contributed by atoms with Crippen LogP contribution in [-0.4, -0.2) is 34.1 Å². The van der Waals surface area contributed by atoms with Gasteiger partial charge < -0.3 is 9.64 Å². The van der Waals surface area contributed by atoms with Crippen molar-refractivity contribution in [2.45, 2.75) is 28.8 Å². The Labute approximate surface area is 131 Å². The summed E-state index contributed by atoms with van der Waals surface area (Å²) >= 11 is 7.29. The highest BCUT2D eigenvalue weighted by Crippen LogP contribution is 2.43. The quantitative estimate of drug-likeness (QED) is 0.847. The fourth-order valence-corrected chi connectivity index (χ4v) is 3.68. The van der Waals surface area contributed by atoms with Crippen LogP contribution in [0.5, 0.6) is 5.75 Å². The van der Waals surface area contributed by atoms with E-state index in [0.717, 1.165) is 34.6 Å². The molecular formula is C14H13ClN4OS. The van der Waals surface area contributed by atoms with Crippen LogP contribution in [0.3, 0.4) is 0 Å². The number of nitrogens with zero attached hydrogens (tertiary/aromatic N) is 4. The zero-order valence-electron chi connectivity index (χ0n) is 11.2. The highest BCUT2D eigenvalue weighted by Gasteiger charge is 2.33. The largest absolute Gasteiger partial charge is 0.486 e. The molecule has 4 rings (SSSR count). The van der Waals surface area contributed by atoms with E-state index in [4.69, 9.17) is 16.3 Å². The Morgan fingerprint density at radius 1 is 1.29 bits per heavy atom. The molecule has 5 nitrogen and oxygen atoms in total. The molecule has 2 aromatic rings. The molecule has 0 saturated carbocycles. The van der Waals surface area contributed by atoms with Gasteiger partial charge in [0.15, 0.2) is 11.6 Å². The summed E-state index contributed by atoms with van der Waals surface area (Å²) in [6.45, 7) is 1.79. The van der Waals surface area contributed by atoms with Gasteiger partial charge in [-0.2, -0.15) is 0 Å². The van der Waals surface area contributed by atoms with Crippen LogP contribution in [0.2, 0.25) is 5.15 Å². The van der Waals surface area contributed by atoms with Gasteiger partial charge in [0.1, 0.15) is 16.8 Å². The molecule has 0 bridgehead atoms. The van der Waals surface area contributed by atoms with E-state index in [2.05, 4.69) is 19.9 Å². The first kappa shape index (κ1) is 13.2. The predicted octanol–water partition coefficient (Wildman–Crippen LogP) is 3.04. The van der Waals surface area contributed by atoms with Crippen molar-refractivity contribution in [1.82, 2.24) is 15.0 Å². The van der Waals surface area contributed by atoms with Crippen LogP contribution < -0.4 is 9.64 Å². The first-order valence-electron chi connectivity index (χ1n) is 6.85. The Morgan fingerprint density at radius 3 is 3.10 bits per heavy atom. The normalized spacial score (nSPS) is 19.9. The molecule has 0 unspecified atom stereocenters. The monoisotopic (exact) mass is 320 g/mol. The van der Waals surface area contributed by atoms with Crippen molar-refractivity contribution in [2.75, 3.05) is 18.1 Å². The molecule has 1 atom stereocenters. The molecule has 108 valence electrons. The average molecular weight is 321 g/mol. The molecule has 2 aliphatic rings. The van der Waals surface area contributed by atoms with Gasteiger partial charge in [0.05, 0.1) is 23.3 Å². The third-order valence-corrected chi connectivity index (χ3v) is 4.89. The number of aromatic nitrogens is 3. The highest BCUT2D eigenvalue weighted by atomic mass is 35.5. The second kappa shape index (κ2) is 5.35. The summed E-state index contributed by atoms with van der Waals surface area (Å²) in [4.78, 5) is 16.2. The number of halogens is 1. The number of ether oxygens (including phenoxy) is 1. The second-order valence-corrected chi connectivity index (χ2v) is 6.49.